The fourth-order valence-electron chi connectivity index (χ4n) is 2.73. The Morgan fingerprint density at radius 2 is 1.95 bits per heavy atom. The number of benzene rings is 1. The molecule has 0 saturated carbocycles. The molecule has 2 heterocycles. The molecule has 0 aromatic heterocycles. The normalized spacial score (nSPS) is 22.5. The molecule has 1 atom stereocenters. The highest BCUT2D eigenvalue weighted by Crippen LogP contribution is 2.39. The topological polar surface area (TPSA) is 81.9 Å². The highest BCUT2D eigenvalue weighted by molar-refractivity contribution is 9.10. The highest BCUT2D eigenvalue weighted by atomic mass is 79.9. The zero-order valence-corrected chi connectivity index (χ0v) is 13.8. The van der Waals surface area contributed by atoms with Crippen LogP contribution in [0.2, 0.25) is 0 Å². The van der Waals surface area contributed by atoms with Gasteiger partial charge < -0.3 is 15.2 Å². The molecule has 0 spiro atoms. The number of hydrogen-bond acceptors (Lipinski definition) is 5. The Bertz CT molecular complexity index is 650. The number of rotatable bonds is 3. The van der Waals surface area contributed by atoms with Gasteiger partial charge in [-0.05, 0) is 34.8 Å². The standard InChI is InChI=1S/C13H17BrN2O4S/c14-10-6-11-12(20-5-4-19-11)7-13(10)21(17,18)16-3-1-2-9(16)8-15/h6-7,9H,1-5,8,15H2/t9-/m1/s1. The first-order valence-corrected chi connectivity index (χ1v) is 9.08. The molecular formula is C13H17BrN2O4S. The summed E-state index contributed by atoms with van der Waals surface area (Å²) in [6.07, 6.45) is 1.64. The lowest BCUT2D eigenvalue weighted by molar-refractivity contribution is 0.171. The van der Waals surface area contributed by atoms with Crippen LogP contribution in [0.5, 0.6) is 11.5 Å². The minimum absolute atomic E-state index is 0.130. The third-order valence-electron chi connectivity index (χ3n) is 3.78. The quantitative estimate of drug-likeness (QED) is 0.860. The summed E-state index contributed by atoms with van der Waals surface area (Å²) in [6, 6.07) is 3.05. The van der Waals surface area contributed by atoms with E-state index in [4.69, 9.17) is 15.2 Å². The number of sulfonamides is 1. The smallest absolute Gasteiger partial charge is 0.244 e. The van der Waals surface area contributed by atoms with Crippen molar-refractivity contribution in [3.8, 4) is 11.5 Å². The van der Waals surface area contributed by atoms with Crippen LogP contribution in [0.25, 0.3) is 0 Å². The van der Waals surface area contributed by atoms with Gasteiger partial charge in [0.05, 0.1) is 0 Å². The summed E-state index contributed by atoms with van der Waals surface area (Å²) in [5, 5.41) is 0. The molecule has 0 radical (unpaired) electrons. The second-order valence-corrected chi connectivity index (χ2v) is 7.79. The van der Waals surface area contributed by atoms with Crippen molar-refractivity contribution >= 4 is 26.0 Å². The summed E-state index contributed by atoms with van der Waals surface area (Å²) in [5.41, 5.74) is 5.69. The zero-order chi connectivity index (χ0) is 15.0. The van der Waals surface area contributed by atoms with Gasteiger partial charge in [0.15, 0.2) is 11.5 Å². The fraction of sp³-hybridized carbons (Fsp3) is 0.538. The van der Waals surface area contributed by atoms with Crippen molar-refractivity contribution in [2.75, 3.05) is 26.3 Å². The predicted octanol–water partition coefficient (Wildman–Crippen LogP) is 1.33. The molecule has 21 heavy (non-hydrogen) atoms. The van der Waals surface area contributed by atoms with Crippen molar-refractivity contribution in [2.24, 2.45) is 5.73 Å². The second kappa shape index (κ2) is 5.75. The molecule has 2 aliphatic rings. The van der Waals surface area contributed by atoms with Gasteiger partial charge in [-0.3, -0.25) is 0 Å². The Morgan fingerprint density at radius 3 is 2.62 bits per heavy atom. The van der Waals surface area contributed by atoms with E-state index in [9.17, 15) is 8.42 Å². The molecule has 1 fully saturated rings. The van der Waals surface area contributed by atoms with Gasteiger partial charge in [-0.2, -0.15) is 4.31 Å². The van der Waals surface area contributed by atoms with E-state index in [1.165, 1.54) is 10.4 Å². The third kappa shape index (κ3) is 2.65. The number of halogens is 1. The van der Waals surface area contributed by atoms with E-state index in [-0.39, 0.29) is 10.9 Å². The average Bonchev–Trinajstić information content (AvgIpc) is 2.95. The number of nitrogens with two attached hydrogens (primary N) is 1. The van der Waals surface area contributed by atoms with Crippen LogP contribution in [0.1, 0.15) is 12.8 Å². The largest absolute Gasteiger partial charge is 0.486 e. The monoisotopic (exact) mass is 376 g/mol. The lowest BCUT2D eigenvalue weighted by Crippen LogP contribution is -2.40. The van der Waals surface area contributed by atoms with Crippen molar-refractivity contribution in [2.45, 2.75) is 23.8 Å². The minimum atomic E-state index is -3.59. The molecule has 1 aromatic carbocycles. The van der Waals surface area contributed by atoms with Gasteiger partial charge in [0.25, 0.3) is 0 Å². The third-order valence-corrected chi connectivity index (χ3v) is 6.69. The minimum Gasteiger partial charge on any atom is -0.486 e. The van der Waals surface area contributed by atoms with Crippen LogP contribution in [0.15, 0.2) is 21.5 Å². The average molecular weight is 377 g/mol. The number of hydrogen-bond donors (Lipinski definition) is 1. The van der Waals surface area contributed by atoms with Crippen LogP contribution >= 0.6 is 15.9 Å². The van der Waals surface area contributed by atoms with E-state index in [0.29, 0.717) is 42.3 Å². The Kier molecular flexibility index (Phi) is 4.13. The molecule has 8 heteroatoms. The van der Waals surface area contributed by atoms with Gasteiger partial charge in [-0.15, -0.1) is 0 Å². The molecule has 1 aromatic rings. The Labute approximate surface area is 132 Å². The lowest BCUT2D eigenvalue weighted by atomic mass is 10.2. The Morgan fingerprint density at radius 1 is 1.29 bits per heavy atom. The maximum atomic E-state index is 12.9. The predicted molar refractivity (Wildman–Crippen MR) is 81.1 cm³/mol. The van der Waals surface area contributed by atoms with E-state index in [0.717, 1.165) is 12.8 Å². The summed E-state index contributed by atoms with van der Waals surface area (Å²) < 4.78 is 38.6. The van der Waals surface area contributed by atoms with Gasteiger partial charge in [-0.25, -0.2) is 8.42 Å². The molecule has 0 amide bonds. The van der Waals surface area contributed by atoms with Crippen LogP contribution in [-0.2, 0) is 10.0 Å². The maximum absolute atomic E-state index is 12.9. The van der Waals surface area contributed by atoms with Crippen molar-refractivity contribution in [3.05, 3.63) is 16.6 Å². The summed E-state index contributed by atoms with van der Waals surface area (Å²) in [6.45, 7) is 1.72. The molecule has 6 nitrogen and oxygen atoms in total. The summed E-state index contributed by atoms with van der Waals surface area (Å²) in [4.78, 5) is 0.201. The van der Waals surface area contributed by atoms with E-state index >= 15 is 0 Å². The molecule has 116 valence electrons. The van der Waals surface area contributed by atoms with Gasteiger partial charge in [0.2, 0.25) is 10.0 Å². The summed E-state index contributed by atoms with van der Waals surface area (Å²) in [7, 11) is -3.59. The lowest BCUT2D eigenvalue weighted by Gasteiger charge is -2.25. The van der Waals surface area contributed by atoms with E-state index in [2.05, 4.69) is 15.9 Å². The fourth-order valence-corrected chi connectivity index (χ4v) is 5.43. The van der Waals surface area contributed by atoms with Crippen LogP contribution in [-0.4, -0.2) is 45.1 Å². The number of ether oxygens (including phenoxy) is 2. The summed E-state index contributed by atoms with van der Waals surface area (Å²) >= 11 is 3.33. The van der Waals surface area contributed by atoms with Crippen molar-refractivity contribution in [1.82, 2.24) is 4.31 Å². The van der Waals surface area contributed by atoms with E-state index in [1.54, 1.807) is 6.07 Å². The number of fused-ring (bicyclic) bond motifs is 1. The van der Waals surface area contributed by atoms with Gasteiger partial charge in [0.1, 0.15) is 18.1 Å². The zero-order valence-electron chi connectivity index (χ0n) is 11.4. The number of nitrogens with zero attached hydrogens (tertiary/aromatic N) is 1. The van der Waals surface area contributed by atoms with Gasteiger partial charge >= 0.3 is 0 Å². The SMILES string of the molecule is NC[C@H]1CCCN1S(=O)(=O)c1cc2c(cc1Br)OCCO2. The molecule has 2 aliphatic heterocycles. The molecule has 1 saturated heterocycles. The molecule has 0 unspecified atom stereocenters. The van der Waals surface area contributed by atoms with Crippen LogP contribution in [0.4, 0.5) is 0 Å². The van der Waals surface area contributed by atoms with Gasteiger partial charge in [0, 0.05) is 29.7 Å². The first kappa shape index (κ1) is 15.1. The van der Waals surface area contributed by atoms with E-state index in [1.807, 2.05) is 0 Å². The molecule has 0 bridgehead atoms. The first-order valence-electron chi connectivity index (χ1n) is 6.85. The Hall–Kier alpha value is -0.830. The van der Waals surface area contributed by atoms with Crippen molar-refractivity contribution < 1.29 is 17.9 Å². The Balaban J connectivity index is 2.02. The first-order chi connectivity index (χ1) is 10.0. The maximum Gasteiger partial charge on any atom is 0.244 e. The van der Waals surface area contributed by atoms with Crippen LogP contribution < -0.4 is 15.2 Å². The second-order valence-electron chi connectivity index (χ2n) is 5.07. The van der Waals surface area contributed by atoms with Crippen LogP contribution in [0, 0.1) is 0 Å². The van der Waals surface area contributed by atoms with E-state index < -0.39 is 10.0 Å². The van der Waals surface area contributed by atoms with Gasteiger partial charge in [-0.1, -0.05) is 0 Å². The molecular weight excluding hydrogens is 360 g/mol. The highest BCUT2D eigenvalue weighted by Gasteiger charge is 2.36. The molecule has 2 N–H and O–H groups in total. The van der Waals surface area contributed by atoms with Crippen molar-refractivity contribution in [1.29, 1.82) is 0 Å². The van der Waals surface area contributed by atoms with Crippen LogP contribution in [0.3, 0.4) is 0 Å². The van der Waals surface area contributed by atoms with Crippen molar-refractivity contribution in [3.63, 3.8) is 0 Å². The summed E-state index contributed by atoms with van der Waals surface area (Å²) in [5.74, 6) is 1.02. The molecule has 3 rings (SSSR count). The molecule has 0 aliphatic carbocycles.